The predicted octanol–water partition coefficient (Wildman–Crippen LogP) is 6.86. The molecule has 0 fully saturated rings. The van der Waals surface area contributed by atoms with Gasteiger partial charge in [-0.05, 0) is 60.5 Å². The van der Waals surface area contributed by atoms with Gasteiger partial charge in [-0.3, -0.25) is 4.90 Å². The fraction of sp³-hybridized carbons (Fsp3) is 0.462. The van der Waals surface area contributed by atoms with Gasteiger partial charge in [-0.2, -0.15) is 0 Å². The van der Waals surface area contributed by atoms with Crippen LogP contribution in [0.5, 0.6) is 0 Å². The largest absolute Gasteiger partial charge is 0.390 e. The minimum atomic E-state index is -0.212. The lowest BCUT2D eigenvalue weighted by atomic mass is 9.81. The molecule has 0 aliphatic heterocycles. The molecule has 0 spiro atoms. The summed E-state index contributed by atoms with van der Waals surface area (Å²) < 4.78 is 15.2. The van der Waals surface area contributed by atoms with Crippen molar-refractivity contribution >= 4 is 11.8 Å². The smallest absolute Gasteiger partial charge is 0.137 e. The number of hydrogen-bond donors (Lipinski definition) is 1. The van der Waals surface area contributed by atoms with Crippen molar-refractivity contribution in [3.05, 3.63) is 72.2 Å². The lowest BCUT2D eigenvalue weighted by Crippen LogP contribution is -2.34. The van der Waals surface area contributed by atoms with Crippen LogP contribution in [0.1, 0.15) is 52.2 Å². The highest BCUT2D eigenvalue weighted by atomic mass is 32.2. The van der Waals surface area contributed by atoms with Gasteiger partial charge < -0.3 is 5.32 Å². The van der Waals surface area contributed by atoms with Crippen LogP contribution in [-0.4, -0.2) is 24.5 Å². The molecule has 0 aromatic heterocycles. The van der Waals surface area contributed by atoms with Crippen molar-refractivity contribution in [1.82, 2.24) is 10.2 Å². The van der Waals surface area contributed by atoms with Crippen molar-refractivity contribution in [2.45, 2.75) is 62.8 Å². The molecule has 0 aliphatic rings. The maximum atomic E-state index is 15.2. The number of nitrogens with zero attached hydrogens (tertiary/aromatic N) is 1. The van der Waals surface area contributed by atoms with Crippen molar-refractivity contribution in [2.75, 3.05) is 19.6 Å². The average Bonchev–Trinajstić information content (AvgIpc) is 2.69. The lowest BCUT2D eigenvalue weighted by molar-refractivity contribution is 0.234. The van der Waals surface area contributed by atoms with Crippen molar-refractivity contribution in [3.63, 3.8) is 0 Å². The van der Waals surface area contributed by atoms with Gasteiger partial charge in [0.05, 0.1) is 0 Å². The third-order valence-corrected chi connectivity index (χ3v) is 6.14. The van der Waals surface area contributed by atoms with Crippen LogP contribution in [-0.2, 0) is 12.0 Å². The van der Waals surface area contributed by atoms with E-state index in [-0.39, 0.29) is 11.2 Å². The molecule has 0 amide bonds. The fourth-order valence-corrected chi connectivity index (χ4v) is 4.69. The maximum Gasteiger partial charge on any atom is 0.137 e. The summed E-state index contributed by atoms with van der Waals surface area (Å²) in [6.45, 7) is 18.4. The van der Waals surface area contributed by atoms with Crippen molar-refractivity contribution < 1.29 is 4.39 Å². The third-order valence-electron chi connectivity index (χ3n) is 5.10. The molecule has 2 aromatic carbocycles. The van der Waals surface area contributed by atoms with Gasteiger partial charge in [-0.25, -0.2) is 4.39 Å². The van der Waals surface area contributed by atoms with E-state index in [9.17, 15) is 0 Å². The molecule has 164 valence electrons. The van der Waals surface area contributed by atoms with Crippen LogP contribution in [0.2, 0.25) is 0 Å². The highest BCUT2D eigenvalue weighted by Gasteiger charge is 2.26. The van der Waals surface area contributed by atoms with Crippen LogP contribution in [0.15, 0.2) is 65.0 Å². The topological polar surface area (TPSA) is 15.3 Å². The van der Waals surface area contributed by atoms with E-state index in [1.165, 1.54) is 17.3 Å². The van der Waals surface area contributed by atoms with Gasteiger partial charge >= 0.3 is 0 Å². The third kappa shape index (κ3) is 7.17. The predicted molar refractivity (Wildman–Crippen MR) is 129 cm³/mol. The van der Waals surface area contributed by atoms with Gasteiger partial charge in [0.1, 0.15) is 5.82 Å². The molecule has 0 atom stereocenters. The van der Waals surface area contributed by atoms with E-state index >= 15 is 4.39 Å². The first kappa shape index (κ1) is 24.5. The van der Waals surface area contributed by atoms with Crippen molar-refractivity contribution in [1.29, 1.82) is 0 Å². The number of hydrogen-bond acceptors (Lipinski definition) is 3. The Morgan fingerprint density at radius 2 is 1.90 bits per heavy atom. The zero-order chi connectivity index (χ0) is 22.1. The van der Waals surface area contributed by atoms with Crippen LogP contribution in [0, 0.1) is 11.7 Å². The van der Waals surface area contributed by atoms with E-state index in [0.29, 0.717) is 17.4 Å². The monoisotopic (exact) mass is 428 g/mol. The number of halogens is 1. The summed E-state index contributed by atoms with van der Waals surface area (Å²) >= 11 is 1.49. The summed E-state index contributed by atoms with van der Waals surface area (Å²) in [5.74, 6) is 0.439. The average molecular weight is 429 g/mol. The second kappa shape index (κ2) is 11.6. The number of rotatable bonds is 12. The molecule has 2 nitrogen and oxygen atoms in total. The van der Waals surface area contributed by atoms with Crippen molar-refractivity contribution in [2.24, 2.45) is 5.92 Å². The van der Waals surface area contributed by atoms with E-state index in [1.54, 1.807) is 12.3 Å². The Hall–Kier alpha value is -1.78. The Balaban J connectivity index is 2.46. The lowest BCUT2D eigenvalue weighted by Gasteiger charge is -2.31. The number of benzene rings is 2. The van der Waals surface area contributed by atoms with Gasteiger partial charge in [-0.1, -0.05) is 71.2 Å². The molecule has 0 aliphatic carbocycles. The first-order valence-corrected chi connectivity index (χ1v) is 11.7. The van der Waals surface area contributed by atoms with Crippen LogP contribution < -0.4 is 5.32 Å². The second-order valence-corrected chi connectivity index (χ2v) is 10.1. The molecule has 1 N–H and O–H groups in total. The molecule has 0 heterocycles. The van der Waals surface area contributed by atoms with Crippen LogP contribution in [0.3, 0.4) is 0 Å². The van der Waals surface area contributed by atoms with E-state index in [2.05, 4.69) is 57.5 Å². The highest BCUT2D eigenvalue weighted by Crippen LogP contribution is 2.36. The van der Waals surface area contributed by atoms with Crippen LogP contribution >= 0.6 is 11.8 Å². The molecule has 2 aromatic rings. The summed E-state index contributed by atoms with van der Waals surface area (Å²) in [5.41, 5.74) is 2.06. The normalized spacial score (nSPS) is 11.9. The Morgan fingerprint density at radius 3 is 2.50 bits per heavy atom. The highest BCUT2D eigenvalue weighted by molar-refractivity contribution is 7.99. The minimum Gasteiger partial charge on any atom is -0.390 e. The Labute approximate surface area is 187 Å². The quantitative estimate of drug-likeness (QED) is 0.398. The van der Waals surface area contributed by atoms with E-state index in [4.69, 9.17) is 0 Å². The van der Waals surface area contributed by atoms with Crippen LogP contribution in [0.4, 0.5) is 4.39 Å². The van der Waals surface area contributed by atoms with Crippen LogP contribution in [0.25, 0.3) is 0 Å². The van der Waals surface area contributed by atoms with E-state index in [1.807, 2.05) is 30.3 Å². The first-order chi connectivity index (χ1) is 14.3. The standard InChI is InChI=1S/C26H37FN2S/c1-7-14-29(17-20(3)4)18-21-15-25(30-22-12-10-9-11-13-22)24(27)16-23(21)26(5,6)19-28-8-2/h8-13,15-16,20,28H,2,7,14,17-19H2,1,3-6H3. The molecular weight excluding hydrogens is 391 g/mol. The SMILES string of the molecule is C=CNCC(C)(C)c1cc(F)c(Sc2ccccc2)cc1CN(CCC)CC(C)C. The zero-order valence-corrected chi connectivity index (χ0v) is 20.0. The minimum absolute atomic E-state index is 0.153. The Bertz CT molecular complexity index is 802. The molecule has 30 heavy (non-hydrogen) atoms. The van der Waals surface area contributed by atoms with E-state index < -0.39 is 0 Å². The summed E-state index contributed by atoms with van der Waals surface area (Å²) in [7, 11) is 0. The summed E-state index contributed by atoms with van der Waals surface area (Å²) in [5, 5.41) is 3.22. The zero-order valence-electron chi connectivity index (χ0n) is 19.2. The molecule has 2 rings (SSSR count). The van der Waals surface area contributed by atoms with Gasteiger partial charge in [0.2, 0.25) is 0 Å². The Morgan fingerprint density at radius 1 is 1.20 bits per heavy atom. The van der Waals surface area contributed by atoms with Gasteiger partial charge in [0.15, 0.2) is 0 Å². The van der Waals surface area contributed by atoms with E-state index in [0.717, 1.165) is 36.5 Å². The summed E-state index contributed by atoms with van der Waals surface area (Å²) in [4.78, 5) is 4.23. The fourth-order valence-electron chi connectivity index (χ4n) is 3.78. The molecule has 0 unspecified atom stereocenters. The first-order valence-electron chi connectivity index (χ1n) is 10.9. The molecule has 0 bridgehead atoms. The molecule has 4 heteroatoms. The summed E-state index contributed by atoms with van der Waals surface area (Å²) in [6.07, 6.45) is 2.82. The number of nitrogens with one attached hydrogen (secondary N) is 1. The second-order valence-electron chi connectivity index (χ2n) is 8.95. The van der Waals surface area contributed by atoms with Crippen molar-refractivity contribution in [3.8, 4) is 0 Å². The van der Waals surface area contributed by atoms with Gasteiger partial charge in [0.25, 0.3) is 0 Å². The van der Waals surface area contributed by atoms with Gasteiger partial charge in [0, 0.05) is 34.8 Å². The molecule has 0 saturated heterocycles. The Kier molecular flexibility index (Phi) is 9.44. The molecule has 0 saturated carbocycles. The molecular formula is C26H37FN2S. The summed E-state index contributed by atoms with van der Waals surface area (Å²) in [6, 6.07) is 13.8. The van der Waals surface area contributed by atoms with Gasteiger partial charge in [-0.15, -0.1) is 0 Å². The maximum absolute atomic E-state index is 15.2. The molecule has 0 radical (unpaired) electrons.